The van der Waals surface area contributed by atoms with Crippen molar-refractivity contribution < 1.29 is 37.4 Å². The van der Waals surface area contributed by atoms with Crippen molar-refractivity contribution in [2.24, 2.45) is 0 Å². The molecule has 16 heteroatoms. The second kappa shape index (κ2) is 19.2. The Morgan fingerprint density at radius 1 is 0.845 bits per heavy atom. The molecule has 2 aliphatic heterocycles. The fourth-order valence-electron chi connectivity index (χ4n) is 6.96. The highest BCUT2D eigenvalue weighted by Crippen LogP contribution is 2.30. The number of hydrogen-bond donors (Lipinski definition) is 1. The van der Waals surface area contributed by atoms with Crippen LogP contribution in [0.3, 0.4) is 0 Å². The number of rotatable bonds is 14. The van der Waals surface area contributed by atoms with Crippen LogP contribution >= 0.6 is 23.2 Å². The van der Waals surface area contributed by atoms with Gasteiger partial charge in [0.15, 0.2) is 0 Å². The number of sulfonamides is 1. The number of halogens is 2. The largest absolute Gasteiger partial charge is 0.478 e. The zero-order valence-electron chi connectivity index (χ0n) is 31.8. The monoisotopic (exact) mass is 847 g/mol. The van der Waals surface area contributed by atoms with Crippen molar-refractivity contribution in [2.45, 2.75) is 49.9 Å². The lowest BCUT2D eigenvalue weighted by atomic mass is 10.1. The summed E-state index contributed by atoms with van der Waals surface area (Å²) < 4.78 is 39.6. The minimum absolute atomic E-state index is 0.0115. The van der Waals surface area contributed by atoms with E-state index in [4.69, 9.17) is 37.9 Å². The Bertz CT molecular complexity index is 2270. The molecule has 0 saturated carbocycles. The summed E-state index contributed by atoms with van der Waals surface area (Å²) in [6, 6.07) is 26.7. The van der Waals surface area contributed by atoms with Gasteiger partial charge in [0.2, 0.25) is 22.0 Å². The highest BCUT2D eigenvalue weighted by Gasteiger charge is 2.33. The molecule has 0 aromatic heterocycles. The van der Waals surface area contributed by atoms with E-state index in [-0.39, 0.29) is 47.9 Å². The van der Waals surface area contributed by atoms with Crippen molar-refractivity contribution in [3.8, 4) is 17.6 Å². The van der Waals surface area contributed by atoms with Gasteiger partial charge in [-0.3, -0.25) is 19.4 Å². The lowest BCUT2D eigenvalue weighted by Crippen LogP contribution is -2.53. The Morgan fingerprint density at radius 2 is 1.48 bits per heavy atom. The fraction of sp³-hybridized carbons (Fsp3) is 0.333. The van der Waals surface area contributed by atoms with Crippen LogP contribution in [0.15, 0.2) is 95.9 Å². The molecule has 4 aromatic rings. The molecule has 1 N–H and O–H groups in total. The predicted octanol–water partition coefficient (Wildman–Crippen LogP) is 5.47. The molecule has 0 radical (unpaired) electrons. The van der Waals surface area contributed by atoms with Gasteiger partial charge in [-0.15, -0.1) is 0 Å². The van der Waals surface area contributed by atoms with Crippen molar-refractivity contribution in [3.63, 3.8) is 0 Å². The highest BCUT2D eigenvalue weighted by atomic mass is 35.5. The van der Waals surface area contributed by atoms with Gasteiger partial charge < -0.3 is 19.5 Å². The highest BCUT2D eigenvalue weighted by molar-refractivity contribution is 7.89. The molecule has 0 aliphatic carbocycles. The number of amides is 1. The predicted molar refractivity (Wildman–Crippen MR) is 217 cm³/mol. The molecule has 2 unspecified atom stereocenters. The van der Waals surface area contributed by atoms with Gasteiger partial charge in [-0.1, -0.05) is 53.5 Å². The number of nitriles is 1. The van der Waals surface area contributed by atoms with Crippen LogP contribution in [0.5, 0.6) is 11.5 Å². The van der Waals surface area contributed by atoms with Gasteiger partial charge in [0, 0.05) is 86.1 Å². The molecule has 0 bridgehead atoms. The van der Waals surface area contributed by atoms with Crippen LogP contribution in [0.2, 0.25) is 10.0 Å². The second-order valence-electron chi connectivity index (χ2n) is 14.3. The molecule has 1 amide bonds. The molecule has 13 nitrogen and oxygen atoms in total. The first-order chi connectivity index (χ1) is 27.8. The van der Waals surface area contributed by atoms with Gasteiger partial charge >= 0.3 is 11.9 Å². The number of carbonyl (C=O) groups excluding carboxylic acids is 2. The number of esters is 1. The second-order valence-corrected chi connectivity index (χ2v) is 17.1. The number of hydrogen-bond acceptors (Lipinski definition) is 10. The summed E-state index contributed by atoms with van der Waals surface area (Å²) >= 11 is 12.7. The number of ether oxygens (including phenoxy) is 2. The Kier molecular flexibility index (Phi) is 14.1. The van der Waals surface area contributed by atoms with Crippen LogP contribution in [0.25, 0.3) is 0 Å². The molecule has 2 saturated heterocycles. The molecule has 304 valence electrons. The maximum Gasteiger partial charge on any atom is 0.345 e. The van der Waals surface area contributed by atoms with E-state index in [9.17, 15) is 27.9 Å². The number of carbonyl (C=O) groups is 3. The summed E-state index contributed by atoms with van der Waals surface area (Å²) in [5.74, 6) is -1.76. The maximum absolute atomic E-state index is 13.3. The minimum atomic E-state index is -3.66. The van der Waals surface area contributed by atoms with Crippen molar-refractivity contribution in [1.29, 1.82) is 5.26 Å². The maximum atomic E-state index is 13.3. The molecule has 58 heavy (non-hydrogen) atoms. The zero-order valence-corrected chi connectivity index (χ0v) is 34.1. The Hall–Kier alpha value is -5.01. The molecule has 0 spiro atoms. The minimum Gasteiger partial charge on any atom is -0.478 e. The molecular formula is C42H43Cl2N5O8S. The summed E-state index contributed by atoms with van der Waals surface area (Å²) in [7, 11) is -3.66. The normalized spacial score (nSPS) is 17.3. The summed E-state index contributed by atoms with van der Waals surface area (Å²) in [5.41, 5.74) is 2.56. The first-order valence-electron chi connectivity index (χ1n) is 18.7. The lowest BCUT2D eigenvalue weighted by Gasteiger charge is -2.39. The summed E-state index contributed by atoms with van der Waals surface area (Å²) in [4.78, 5) is 44.9. The number of benzene rings is 4. The van der Waals surface area contributed by atoms with E-state index in [2.05, 4.69) is 15.9 Å². The van der Waals surface area contributed by atoms with Gasteiger partial charge in [-0.25, -0.2) is 13.2 Å². The third-order valence-electron chi connectivity index (χ3n) is 10.2. The van der Waals surface area contributed by atoms with E-state index in [1.807, 2.05) is 6.92 Å². The van der Waals surface area contributed by atoms with Gasteiger partial charge in [0.25, 0.3) is 0 Å². The van der Waals surface area contributed by atoms with E-state index in [1.54, 1.807) is 95.9 Å². The van der Waals surface area contributed by atoms with Gasteiger partial charge in [-0.05, 0) is 73.2 Å². The van der Waals surface area contributed by atoms with Crippen molar-refractivity contribution >= 4 is 51.1 Å². The van der Waals surface area contributed by atoms with E-state index >= 15 is 0 Å². The average molecular weight is 849 g/mol. The third kappa shape index (κ3) is 10.9. The Balaban J connectivity index is 1.05. The van der Waals surface area contributed by atoms with E-state index in [1.165, 1.54) is 4.31 Å². The quantitative estimate of drug-likeness (QED) is 0.127. The van der Waals surface area contributed by atoms with E-state index in [0.717, 1.165) is 5.56 Å². The average Bonchev–Trinajstić information content (AvgIpc) is 3.21. The van der Waals surface area contributed by atoms with Gasteiger partial charge in [-0.2, -0.15) is 9.57 Å². The first-order valence-corrected chi connectivity index (χ1v) is 20.9. The van der Waals surface area contributed by atoms with Gasteiger partial charge in [0.05, 0.1) is 29.4 Å². The first kappa shape index (κ1) is 42.6. The zero-order chi connectivity index (χ0) is 41.4. The smallest absolute Gasteiger partial charge is 0.345 e. The van der Waals surface area contributed by atoms with Crippen LogP contribution in [0.4, 0.5) is 0 Å². The summed E-state index contributed by atoms with van der Waals surface area (Å²) in [5, 5.41) is 20.0. The number of piperazine rings is 2. The molecule has 2 heterocycles. The van der Waals surface area contributed by atoms with Crippen molar-refractivity contribution in [1.82, 2.24) is 19.0 Å². The van der Waals surface area contributed by atoms with Crippen molar-refractivity contribution in [3.05, 3.63) is 123 Å². The van der Waals surface area contributed by atoms with Crippen LogP contribution in [-0.4, -0.2) is 108 Å². The summed E-state index contributed by atoms with van der Waals surface area (Å²) in [6.07, 6.45) is -1.96. The molecule has 2 aliphatic rings. The Morgan fingerprint density at radius 3 is 2.10 bits per heavy atom. The number of aliphatic carboxylic acids is 1. The van der Waals surface area contributed by atoms with E-state index < -0.39 is 34.5 Å². The van der Waals surface area contributed by atoms with Crippen molar-refractivity contribution in [2.75, 3.05) is 45.8 Å². The van der Waals surface area contributed by atoms with Crippen LogP contribution < -0.4 is 9.47 Å². The SMILES string of the molecule is CC1CN(S(=O)(=O)c2ccccc2)CCN1Cc1cc(Cl)ccc1OC(=O)CC(Oc1ccc(Cl)cc1CN1CCN(C(=O)Cc2ccc(C#N)cc2)CC1)C(=O)O. The van der Waals surface area contributed by atoms with Gasteiger partial charge in [0.1, 0.15) is 11.5 Å². The third-order valence-corrected chi connectivity index (χ3v) is 12.6. The number of carboxylic acids is 1. The van der Waals surface area contributed by atoms with E-state index in [0.29, 0.717) is 72.5 Å². The number of carboxylic acid groups (broad SMARTS) is 1. The van der Waals surface area contributed by atoms with Crippen LogP contribution in [0.1, 0.15) is 35.6 Å². The van der Waals surface area contributed by atoms with Crippen LogP contribution in [0, 0.1) is 11.3 Å². The van der Waals surface area contributed by atoms with Crippen LogP contribution in [-0.2, 0) is 43.9 Å². The fourth-order valence-corrected chi connectivity index (χ4v) is 8.88. The molecule has 2 atom stereocenters. The summed E-state index contributed by atoms with van der Waals surface area (Å²) in [6.45, 7) is 5.63. The molecule has 4 aromatic carbocycles. The molecular weight excluding hydrogens is 805 g/mol. The Labute approximate surface area is 347 Å². The number of nitrogens with zero attached hydrogens (tertiary/aromatic N) is 5. The molecule has 2 fully saturated rings. The standard InChI is InChI=1S/C42H43Cl2N5O8S/c1-29-26-49(58(54,55)36-5-3-2-4-6-36)20-19-48(29)28-33-23-35(44)12-14-38(33)57-41(51)24-39(42(52)53)56-37-13-11-34(43)22-32(37)27-46-15-17-47(18-16-46)40(50)21-30-7-9-31(25-45)10-8-30/h2-14,22-23,29,39H,15-21,24,26-28H2,1H3,(H,52,53). The lowest BCUT2D eigenvalue weighted by molar-refractivity contribution is -0.150. The topological polar surface area (TPSA) is 161 Å². The molecule has 6 rings (SSSR count).